The molecule has 19 heavy (non-hydrogen) atoms. The third-order valence-electron chi connectivity index (χ3n) is 2.91. The molecule has 1 aromatic heterocycles. The monoisotopic (exact) mass is 265 g/mol. The second kappa shape index (κ2) is 4.83. The van der Waals surface area contributed by atoms with Gasteiger partial charge in [0, 0.05) is 12.1 Å². The third-order valence-corrected chi connectivity index (χ3v) is 2.91. The van der Waals surface area contributed by atoms with Gasteiger partial charge in [0.2, 0.25) is 0 Å². The summed E-state index contributed by atoms with van der Waals surface area (Å²) in [5.41, 5.74) is 0. The lowest BCUT2D eigenvalue weighted by Crippen LogP contribution is -2.49. The molecule has 1 atom stereocenters. The van der Waals surface area contributed by atoms with E-state index in [0.29, 0.717) is 12.2 Å². The van der Waals surface area contributed by atoms with Gasteiger partial charge < -0.3 is 14.9 Å². The van der Waals surface area contributed by atoms with E-state index >= 15 is 0 Å². The highest BCUT2D eigenvalue weighted by Gasteiger charge is 2.39. The van der Waals surface area contributed by atoms with Crippen LogP contribution < -0.4 is 9.64 Å². The average molecular weight is 265 g/mol. The predicted molar refractivity (Wildman–Crippen MR) is 68.2 cm³/mol. The number of pyridine rings is 1. The van der Waals surface area contributed by atoms with Crippen LogP contribution >= 0.6 is 0 Å². The Balaban J connectivity index is 2.53. The SMILES string of the molecule is CCC1Oc2ccc([N+](=O)[O-])nc2N(C(C)C)C1=O. The molecule has 7 nitrogen and oxygen atoms in total. The van der Waals surface area contributed by atoms with E-state index in [4.69, 9.17) is 4.74 Å². The van der Waals surface area contributed by atoms with Crippen molar-refractivity contribution in [1.82, 2.24) is 4.98 Å². The zero-order chi connectivity index (χ0) is 14.2. The van der Waals surface area contributed by atoms with Gasteiger partial charge in [-0.1, -0.05) is 6.92 Å². The first-order valence-corrected chi connectivity index (χ1v) is 6.10. The Morgan fingerprint density at radius 2 is 2.21 bits per heavy atom. The molecule has 0 saturated heterocycles. The molecule has 0 saturated carbocycles. The number of anilines is 1. The van der Waals surface area contributed by atoms with Gasteiger partial charge in [-0.2, -0.15) is 0 Å². The van der Waals surface area contributed by atoms with Crippen LogP contribution in [0.3, 0.4) is 0 Å². The molecule has 102 valence electrons. The number of hydrogen-bond donors (Lipinski definition) is 0. The van der Waals surface area contributed by atoms with Crippen LogP contribution in [0.4, 0.5) is 11.6 Å². The largest absolute Gasteiger partial charge is 0.474 e. The number of fused-ring (bicyclic) bond motifs is 1. The number of rotatable bonds is 3. The van der Waals surface area contributed by atoms with Gasteiger partial charge >= 0.3 is 5.82 Å². The van der Waals surface area contributed by atoms with Crippen LogP contribution in [0.2, 0.25) is 0 Å². The normalized spacial score (nSPS) is 18.2. The number of ether oxygens (including phenoxy) is 1. The molecule has 2 heterocycles. The van der Waals surface area contributed by atoms with E-state index in [1.165, 1.54) is 17.0 Å². The van der Waals surface area contributed by atoms with Gasteiger partial charge in [0.25, 0.3) is 11.7 Å². The van der Waals surface area contributed by atoms with E-state index in [1.54, 1.807) is 0 Å². The van der Waals surface area contributed by atoms with Crippen molar-refractivity contribution in [3.8, 4) is 5.75 Å². The first-order valence-electron chi connectivity index (χ1n) is 6.10. The summed E-state index contributed by atoms with van der Waals surface area (Å²) in [7, 11) is 0. The van der Waals surface area contributed by atoms with E-state index in [9.17, 15) is 14.9 Å². The maximum absolute atomic E-state index is 12.2. The second-order valence-electron chi connectivity index (χ2n) is 4.57. The lowest BCUT2D eigenvalue weighted by Gasteiger charge is -2.33. The molecule has 0 spiro atoms. The van der Waals surface area contributed by atoms with Crippen LogP contribution in [0.15, 0.2) is 12.1 Å². The van der Waals surface area contributed by atoms with Crippen molar-refractivity contribution in [2.24, 2.45) is 0 Å². The summed E-state index contributed by atoms with van der Waals surface area (Å²) in [4.78, 5) is 27.8. The Hall–Kier alpha value is -2.18. The van der Waals surface area contributed by atoms with Gasteiger partial charge in [0.1, 0.15) is 0 Å². The number of aromatic nitrogens is 1. The van der Waals surface area contributed by atoms with Gasteiger partial charge in [-0.05, 0) is 36.2 Å². The van der Waals surface area contributed by atoms with Gasteiger partial charge in [0.15, 0.2) is 11.9 Å². The molecular formula is C12H15N3O4. The van der Waals surface area contributed by atoms with E-state index in [0.717, 1.165) is 0 Å². The second-order valence-corrected chi connectivity index (χ2v) is 4.57. The van der Waals surface area contributed by atoms with Crippen molar-refractivity contribution in [1.29, 1.82) is 0 Å². The van der Waals surface area contributed by atoms with Crippen LogP contribution in [0.5, 0.6) is 5.75 Å². The van der Waals surface area contributed by atoms with Crippen LogP contribution in [-0.2, 0) is 4.79 Å². The smallest absolute Gasteiger partial charge is 0.366 e. The zero-order valence-electron chi connectivity index (χ0n) is 11.0. The molecule has 1 aliphatic heterocycles. The first-order chi connectivity index (χ1) is 8.95. The van der Waals surface area contributed by atoms with Crippen LogP contribution in [-0.4, -0.2) is 28.0 Å². The van der Waals surface area contributed by atoms with E-state index in [2.05, 4.69) is 4.98 Å². The summed E-state index contributed by atoms with van der Waals surface area (Å²) in [6.45, 7) is 5.52. The van der Waals surface area contributed by atoms with Crippen molar-refractivity contribution in [2.75, 3.05) is 4.90 Å². The van der Waals surface area contributed by atoms with Crippen molar-refractivity contribution in [3.63, 3.8) is 0 Å². The fraction of sp³-hybridized carbons (Fsp3) is 0.500. The van der Waals surface area contributed by atoms with Gasteiger partial charge in [0.05, 0.1) is 0 Å². The summed E-state index contributed by atoms with van der Waals surface area (Å²) >= 11 is 0. The number of hydrogen-bond acceptors (Lipinski definition) is 5. The van der Waals surface area contributed by atoms with Crippen molar-refractivity contribution < 1.29 is 14.5 Å². The maximum Gasteiger partial charge on any atom is 0.366 e. The highest BCUT2D eigenvalue weighted by molar-refractivity contribution is 5.99. The molecule has 0 radical (unpaired) electrons. The van der Waals surface area contributed by atoms with E-state index in [1.807, 2.05) is 20.8 Å². The molecular weight excluding hydrogens is 250 g/mol. The third kappa shape index (κ3) is 2.23. The summed E-state index contributed by atoms with van der Waals surface area (Å²) in [6.07, 6.45) is -0.0171. The molecule has 0 aliphatic carbocycles. The Bertz CT molecular complexity index is 530. The molecule has 1 unspecified atom stereocenters. The lowest BCUT2D eigenvalue weighted by molar-refractivity contribution is -0.389. The summed E-state index contributed by atoms with van der Waals surface area (Å²) < 4.78 is 5.53. The highest BCUT2D eigenvalue weighted by Crippen LogP contribution is 2.35. The number of amides is 1. The average Bonchev–Trinajstić information content (AvgIpc) is 2.36. The first kappa shape index (κ1) is 13.3. The lowest BCUT2D eigenvalue weighted by atomic mass is 10.1. The Kier molecular flexibility index (Phi) is 3.37. The molecule has 0 aromatic carbocycles. The number of nitro groups is 1. The molecule has 0 N–H and O–H groups in total. The minimum atomic E-state index is -0.588. The molecule has 7 heteroatoms. The summed E-state index contributed by atoms with van der Waals surface area (Å²) in [5, 5.41) is 10.8. The van der Waals surface area contributed by atoms with Gasteiger partial charge in [-0.3, -0.25) is 9.69 Å². The zero-order valence-corrected chi connectivity index (χ0v) is 11.0. The summed E-state index contributed by atoms with van der Waals surface area (Å²) in [5.74, 6) is 0.124. The van der Waals surface area contributed by atoms with Gasteiger partial charge in [-0.15, -0.1) is 0 Å². The van der Waals surface area contributed by atoms with E-state index < -0.39 is 11.0 Å². The van der Waals surface area contributed by atoms with Gasteiger partial charge in [-0.25, -0.2) is 0 Å². The Labute approximate surface area is 110 Å². The minimum Gasteiger partial charge on any atom is -0.474 e. The molecule has 0 fully saturated rings. The van der Waals surface area contributed by atoms with Crippen LogP contribution in [0, 0.1) is 10.1 Å². The van der Waals surface area contributed by atoms with Crippen molar-refractivity contribution in [2.45, 2.75) is 39.3 Å². The fourth-order valence-corrected chi connectivity index (χ4v) is 2.01. The number of carbonyl (C=O) groups is 1. The molecule has 1 amide bonds. The Morgan fingerprint density at radius 1 is 1.53 bits per heavy atom. The van der Waals surface area contributed by atoms with Crippen LogP contribution in [0.25, 0.3) is 0 Å². The highest BCUT2D eigenvalue weighted by atomic mass is 16.6. The quantitative estimate of drug-likeness (QED) is 0.615. The number of carbonyl (C=O) groups excluding carboxylic acids is 1. The topological polar surface area (TPSA) is 85.6 Å². The molecule has 2 rings (SSSR count). The Morgan fingerprint density at radius 3 is 2.74 bits per heavy atom. The molecule has 0 bridgehead atoms. The summed E-state index contributed by atoms with van der Waals surface area (Å²) in [6, 6.07) is 2.63. The number of nitrogens with zero attached hydrogens (tertiary/aromatic N) is 3. The fourth-order valence-electron chi connectivity index (χ4n) is 2.01. The van der Waals surface area contributed by atoms with Crippen molar-refractivity contribution in [3.05, 3.63) is 22.2 Å². The maximum atomic E-state index is 12.2. The predicted octanol–water partition coefficient (Wildman–Crippen LogP) is 1.90. The van der Waals surface area contributed by atoms with Crippen molar-refractivity contribution >= 4 is 17.5 Å². The standard InChI is InChI=1S/C12H15N3O4/c1-4-8-12(16)14(7(2)3)11-9(19-8)5-6-10(13-11)15(17)18/h5-8H,4H2,1-3H3. The minimum absolute atomic E-state index is 0.140. The van der Waals surface area contributed by atoms with E-state index in [-0.39, 0.29) is 23.6 Å². The van der Waals surface area contributed by atoms with Crippen LogP contribution in [0.1, 0.15) is 27.2 Å². The molecule has 1 aromatic rings. The molecule has 1 aliphatic rings.